The summed E-state index contributed by atoms with van der Waals surface area (Å²) >= 11 is 7.24. The fourth-order valence-corrected chi connectivity index (χ4v) is 2.88. The molecule has 1 aliphatic heterocycles. The molecule has 110 valence electrons. The van der Waals surface area contributed by atoms with E-state index in [1.165, 1.54) is 24.6 Å². The normalized spacial score (nSPS) is 14.5. The first-order valence-corrected chi connectivity index (χ1v) is 7.92. The molecule has 0 bridgehead atoms. The van der Waals surface area contributed by atoms with Gasteiger partial charge >= 0.3 is 0 Å². The van der Waals surface area contributed by atoms with E-state index in [9.17, 15) is 0 Å². The van der Waals surface area contributed by atoms with Crippen molar-refractivity contribution in [1.82, 2.24) is 19.9 Å². The molecule has 1 fully saturated rings. The van der Waals surface area contributed by atoms with Gasteiger partial charge < -0.3 is 10.2 Å². The molecule has 0 aromatic carbocycles. The van der Waals surface area contributed by atoms with Gasteiger partial charge in [-0.25, -0.2) is 4.98 Å². The minimum absolute atomic E-state index is 0.573. The summed E-state index contributed by atoms with van der Waals surface area (Å²) in [6.07, 6.45) is 3.98. The van der Waals surface area contributed by atoms with Gasteiger partial charge in [-0.3, -0.25) is 0 Å². The number of anilines is 2. The van der Waals surface area contributed by atoms with Crippen LogP contribution in [0.3, 0.4) is 0 Å². The van der Waals surface area contributed by atoms with Gasteiger partial charge in [0, 0.05) is 26.3 Å². The quantitative estimate of drug-likeness (QED) is 0.928. The van der Waals surface area contributed by atoms with Crippen molar-refractivity contribution in [2.45, 2.75) is 23.0 Å². The summed E-state index contributed by atoms with van der Waals surface area (Å²) in [5.41, 5.74) is 0. The molecule has 3 heterocycles. The first kappa shape index (κ1) is 14.3. The predicted molar refractivity (Wildman–Crippen MR) is 84.2 cm³/mol. The van der Waals surface area contributed by atoms with Crippen molar-refractivity contribution in [2.75, 3.05) is 30.4 Å². The third kappa shape index (κ3) is 3.54. The number of hydrogen-bond donors (Lipinski definition) is 1. The van der Waals surface area contributed by atoms with E-state index in [-0.39, 0.29) is 0 Å². The van der Waals surface area contributed by atoms with Crippen molar-refractivity contribution in [1.29, 1.82) is 0 Å². The van der Waals surface area contributed by atoms with Crippen molar-refractivity contribution in [3.05, 3.63) is 23.4 Å². The second-order valence-electron chi connectivity index (χ2n) is 4.60. The van der Waals surface area contributed by atoms with Crippen molar-refractivity contribution < 1.29 is 0 Å². The molecule has 3 rings (SSSR count). The van der Waals surface area contributed by atoms with Gasteiger partial charge in [-0.15, -0.1) is 0 Å². The van der Waals surface area contributed by atoms with Gasteiger partial charge in [-0.05, 0) is 36.7 Å². The van der Waals surface area contributed by atoms with Crippen molar-refractivity contribution in [3.8, 4) is 0 Å². The Morgan fingerprint density at radius 1 is 1.19 bits per heavy atom. The standard InChI is InChI=1S/C13H15ClN6S/c1-15-11-17-12(20-6-2-3-7-20)19-13(18-11)21-10-5-4-9(14)8-16-10/h4-5,8H,2-3,6-7H2,1H3,(H,15,17,18,19). The monoisotopic (exact) mass is 322 g/mol. The van der Waals surface area contributed by atoms with Gasteiger partial charge in [0.05, 0.1) is 5.02 Å². The van der Waals surface area contributed by atoms with Crippen LogP contribution in [-0.2, 0) is 0 Å². The van der Waals surface area contributed by atoms with Gasteiger partial charge in [0.1, 0.15) is 5.03 Å². The highest BCUT2D eigenvalue weighted by atomic mass is 35.5. The van der Waals surface area contributed by atoms with E-state index in [1.54, 1.807) is 19.3 Å². The number of nitrogens with zero attached hydrogens (tertiary/aromatic N) is 5. The molecule has 2 aromatic heterocycles. The van der Waals surface area contributed by atoms with Crippen LogP contribution >= 0.6 is 23.4 Å². The Labute approximate surface area is 132 Å². The first-order chi connectivity index (χ1) is 10.2. The van der Waals surface area contributed by atoms with Crippen LogP contribution in [0.25, 0.3) is 0 Å². The van der Waals surface area contributed by atoms with E-state index in [0.717, 1.165) is 24.1 Å². The van der Waals surface area contributed by atoms with Crippen LogP contribution in [0, 0.1) is 0 Å². The average molecular weight is 323 g/mol. The molecule has 1 aliphatic rings. The summed E-state index contributed by atoms with van der Waals surface area (Å²) in [4.78, 5) is 19.8. The second-order valence-corrected chi connectivity index (χ2v) is 6.03. The van der Waals surface area contributed by atoms with E-state index in [0.29, 0.717) is 16.1 Å². The zero-order valence-corrected chi connectivity index (χ0v) is 13.2. The molecular weight excluding hydrogens is 308 g/mol. The highest BCUT2D eigenvalue weighted by Gasteiger charge is 2.17. The number of hydrogen-bond acceptors (Lipinski definition) is 7. The topological polar surface area (TPSA) is 66.8 Å². The Kier molecular flexibility index (Phi) is 4.40. The third-order valence-corrected chi connectivity index (χ3v) is 4.15. The maximum Gasteiger partial charge on any atom is 0.231 e. The van der Waals surface area contributed by atoms with Gasteiger partial charge in [-0.1, -0.05) is 11.6 Å². The molecular formula is C13H15ClN6S. The summed E-state index contributed by atoms with van der Waals surface area (Å²) in [6, 6.07) is 3.66. The van der Waals surface area contributed by atoms with Crippen LogP contribution in [0.1, 0.15) is 12.8 Å². The number of rotatable bonds is 4. The summed E-state index contributed by atoms with van der Waals surface area (Å²) in [6.45, 7) is 1.99. The number of pyridine rings is 1. The van der Waals surface area contributed by atoms with E-state index < -0.39 is 0 Å². The largest absolute Gasteiger partial charge is 0.357 e. The zero-order valence-electron chi connectivity index (χ0n) is 11.6. The minimum atomic E-state index is 0.573. The van der Waals surface area contributed by atoms with Crippen molar-refractivity contribution >= 4 is 35.3 Å². The molecule has 0 aliphatic carbocycles. The molecule has 21 heavy (non-hydrogen) atoms. The minimum Gasteiger partial charge on any atom is -0.357 e. The Hall–Kier alpha value is -1.60. The lowest BCUT2D eigenvalue weighted by Crippen LogP contribution is -2.21. The third-order valence-electron chi connectivity index (χ3n) is 3.11. The average Bonchev–Trinajstić information content (AvgIpc) is 3.04. The van der Waals surface area contributed by atoms with E-state index in [4.69, 9.17) is 11.6 Å². The van der Waals surface area contributed by atoms with Crippen LogP contribution in [-0.4, -0.2) is 40.1 Å². The van der Waals surface area contributed by atoms with Crippen molar-refractivity contribution in [3.63, 3.8) is 0 Å². The molecule has 0 amide bonds. The van der Waals surface area contributed by atoms with Crippen molar-refractivity contribution in [2.24, 2.45) is 0 Å². The lowest BCUT2D eigenvalue weighted by atomic mass is 10.4. The molecule has 1 saturated heterocycles. The SMILES string of the molecule is CNc1nc(Sc2ccc(Cl)cn2)nc(N2CCCC2)n1. The zero-order chi connectivity index (χ0) is 14.7. The molecule has 2 aromatic rings. The number of aromatic nitrogens is 4. The first-order valence-electron chi connectivity index (χ1n) is 6.73. The lowest BCUT2D eigenvalue weighted by Gasteiger charge is -2.16. The number of halogens is 1. The Morgan fingerprint density at radius 3 is 2.67 bits per heavy atom. The summed E-state index contributed by atoms with van der Waals surface area (Å²) in [5.74, 6) is 1.30. The van der Waals surface area contributed by atoms with Gasteiger partial charge in [0.15, 0.2) is 0 Å². The summed E-state index contributed by atoms with van der Waals surface area (Å²) in [7, 11) is 1.80. The molecule has 8 heteroatoms. The van der Waals surface area contributed by atoms with E-state index in [2.05, 4.69) is 30.2 Å². The predicted octanol–water partition coefficient (Wildman–Crippen LogP) is 2.71. The molecule has 0 unspecified atom stereocenters. The summed E-state index contributed by atoms with van der Waals surface area (Å²) < 4.78 is 0. The Balaban J connectivity index is 1.86. The Bertz CT molecular complexity index is 615. The Morgan fingerprint density at radius 2 is 2.00 bits per heavy atom. The van der Waals surface area contributed by atoms with Crippen LogP contribution in [0.2, 0.25) is 5.02 Å². The fraction of sp³-hybridized carbons (Fsp3) is 0.385. The smallest absolute Gasteiger partial charge is 0.231 e. The maximum absolute atomic E-state index is 5.84. The molecule has 0 saturated carbocycles. The molecule has 0 atom stereocenters. The van der Waals surface area contributed by atoms with Gasteiger partial charge in [0.2, 0.25) is 17.1 Å². The van der Waals surface area contributed by atoms with Crippen LogP contribution in [0.15, 0.2) is 28.5 Å². The van der Waals surface area contributed by atoms with Crippen LogP contribution in [0.4, 0.5) is 11.9 Å². The van der Waals surface area contributed by atoms with Crippen LogP contribution < -0.4 is 10.2 Å². The molecule has 1 N–H and O–H groups in total. The second kappa shape index (κ2) is 6.44. The highest BCUT2D eigenvalue weighted by molar-refractivity contribution is 7.99. The molecule has 0 spiro atoms. The van der Waals surface area contributed by atoms with E-state index >= 15 is 0 Å². The van der Waals surface area contributed by atoms with Crippen LogP contribution in [0.5, 0.6) is 0 Å². The highest BCUT2D eigenvalue weighted by Crippen LogP contribution is 2.26. The van der Waals surface area contributed by atoms with Gasteiger partial charge in [0.25, 0.3) is 0 Å². The van der Waals surface area contributed by atoms with Gasteiger partial charge in [-0.2, -0.15) is 15.0 Å². The summed E-state index contributed by atoms with van der Waals surface area (Å²) in [5, 5.41) is 5.03. The molecule has 6 nitrogen and oxygen atoms in total. The fourth-order valence-electron chi connectivity index (χ4n) is 2.08. The van der Waals surface area contributed by atoms with E-state index in [1.807, 2.05) is 6.07 Å². The lowest BCUT2D eigenvalue weighted by molar-refractivity contribution is 0.829. The molecule has 0 radical (unpaired) electrons. The number of nitrogens with one attached hydrogen (secondary N) is 1. The maximum atomic E-state index is 5.84.